The molecule has 0 radical (unpaired) electrons. The van der Waals surface area contributed by atoms with E-state index in [2.05, 4.69) is 10.6 Å². The fourth-order valence-corrected chi connectivity index (χ4v) is 6.01. The van der Waals surface area contributed by atoms with Crippen molar-refractivity contribution in [2.75, 3.05) is 23.0 Å². The lowest BCUT2D eigenvalue weighted by Crippen LogP contribution is -2.37. The number of primary amides is 1. The summed E-state index contributed by atoms with van der Waals surface area (Å²) in [6.45, 7) is 3.38. The van der Waals surface area contributed by atoms with Gasteiger partial charge in [0.15, 0.2) is 9.84 Å². The molecule has 178 valence electrons. The van der Waals surface area contributed by atoms with Gasteiger partial charge in [-0.3, -0.25) is 14.4 Å². The van der Waals surface area contributed by atoms with Crippen LogP contribution < -0.4 is 21.1 Å². The molecule has 1 heterocycles. The summed E-state index contributed by atoms with van der Waals surface area (Å²) in [5.41, 5.74) is 6.95. The maximum atomic E-state index is 12.7. The molecule has 1 aromatic heterocycles. The first-order chi connectivity index (χ1) is 15.6. The minimum atomic E-state index is -4.14. The lowest BCUT2D eigenvalue weighted by Gasteiger charge is -2.14. The van der Waals surface area contributed by atoms with Crippen LogP contribution >= 0.6 is 11.3 Å². The average molecular weight is 494 g/mol. The number of ether oxygens (including phenoxy) is 1. The van der Waals surface area contributed by atoms with Crippen molar-refractivity contribution in [3.05, 3.63) is 40.3 Å². The van der Waals surface area contributed by atoms with E-state index < -0.39 is 38.6 Å². The number of aryl methyl sites for hydroxylation is 1. The minimum absolute atomic E-state index is 0.248. The van der Waals surface area contributed by atoms with Gasteiger partial charge in [-0.25, -0.2) is 8.42 Å². The summed E-state index contributed by atoms with van der Waals surface area (Å²) in [6, 6.07) is 6.66. The molecule has 0 bridgehead atoms. The third-order valence-corrected chi connectivity index (χ3v) is 8.52. The first kappa shape index (κ1) is 24.7. The molecule has 33 heavy (non-hydrogen) atoms. The van der Waals surface area contributed by atoms with Gasteiger partial charge in [0.05, 0.1) is 17.9 Å². The number of sulfone groups is 1. The number of carbonyl (C=O) groups excluding carboxylic acids is 3. The molecule has 0 aliphatic heterocycles. The van der Waals surface area contributed by atoms with Crippen LogP contribution in [-0.2, 0) is 32.3 Å². The van der Waals surface area contributed by atoms with E-state index in [0.717, 1.165) is 29.7 Å². The van der Waals surface area contributed by atoms with Gasteiger partial charge in [-0.05, 0) is 57.2 Å². The summed E-state index contributed by atoms with van der Waals surface area (Å²) >= 11 is 1.25. The highest BCUT2D eigenvalue weighted by Crippen LogP contribution is 2.38. The monoisotopic (exact) mass is 493 g/mol. The SMILES string of the molecule is CCOc1ccccc1NC(=O)CS(=O)(=O)C(C)C(=O)Nc1sc2c(c1C(N)=O)CCCC2. The molecule has 0 saturated heterocycles. The van der Waals surface area contributed by atoms with Crippen molar-refractivity contribution in [1.82, 2.24) is 0 Å². The van der Waals surface area contributed by atoms with Crippen LogP contribution in [0.4, 0.5) is 10.7 Å². The van der Waals surface area contributed by atoms with Gasteiger partial charge in [-0.2, -0.15) is 0 Å². The molecule has 1 atom stereocenters. The Bertz CT molecular complexity index is 1170. The molecule has 4 N–H and O–H groups in total. The van der Waals surface area contributed by atoms with Gasteiger partial charge in [0.2, 0.25) is 11.8 Å². The average Bonchev–Trinajstić information content (AvgIpc) is 3.12. The van der Waals surface area contributed by atoms with Crippen LogP contribution in [0.3, 0.4) is 0 Å². The Morgan fingerprint density at radius 1 is 1.15 bits per heavy atom. The number of amides is 3. The van der Waals surface area contributed by atoms with Crippen molar-refractivity contribution in [2.24, 2.45) is 5.73 Å². The third kappa shape index (κ3) is 5.72. The molecule has 1 aromatic carbocycles. The van der Waals surface area contributed by atoms with Gasteiger partial charge in [-0.1, -0.05) is 12.1 Å². The van der Waals surface area contributed by atoms with E-state index in [4.69, 9.17) is 10.5 Å². The second kappa shape index (κ2) is 10.3. The number of anilines is 2. The predicted octanol–water partition coefficient (Wildman–Crippen LogP) is 2.50. The molecule has 1 aliphatic carbocycles. The van der Waals surface area contributed by atoms with E-state index in [1.165, 1.54) is 18.3 Å². The first-order valence-electron chi connectivity index (χ1n) is 10.6. The van der Waals surface area contributed by atoms with Crippen LogP contribution in [0.2, 0.25) is 0 Å². The Morgan fingerprint density at radius 2 is 1.85 bits per heavy atom. The maximum absolute atomic E-state index is 12.7. The van der Waals surface area contributed by atoms with E-state index in [1.807, 2.05) is 0 Å². The molecule has 0 fully saturated rings. The topological polar surface area (TPSA) is 145 Å². The quantitative estimate of drug-likeness (QED) is 0.489. The predicted molar refractivity (Wildman–Crippen MR) is 128 cm³/mol. The fraction of sp³-hybridized carbons (Fsp3) is 0.409. The van der Waals surface area contributed by atoms with Crippen molar-refractivity contribution < 1.29 is 27.5 Å². The molecule has 2 aromatic rings. The summed E-state index contributed by atoms with van der Waals surface area (Å²) in [5, 5.41) is 3.82. The number of para-hydroxylation sites is 2. The van der Waals surface area contributed by atoms with Crippen LogP contribution in [0.1, 0.15) is 47.5 Å². The van der Waals surface area contributed by atoms with E-state index in [1.54, 1.807) is 31.2 Å². The van der Waals surface area contributed by atoms with Crippen LogP contribution in [0.15, 0.2) is 24.3 Å². The van der Waals surface area contributed by atoms with Crippen molar-refractivity contribution >= 4 is 49.6 Å². The van der Waals surface area contributed by atoms with Crippen LogP contribution in [0.25, 0.3) is 0 Å². The summed E-state index contributed by atoms with van der Waals surface area (Å²) in [5.74, 6) is -2.74. The molecule has 1 unspecified atom stereocenters. The number of benzene rings is 1. The third-order valence-electron chi connectivity index (χ3n) is 5.36. The lowest BCUT2D eigenvalue weighted by molar-refractivity contribution is -0.115. The van der Waals surface area contributed by atoms with Gasteiger partial charge < -0.3 is 21.1 Å². The summed E-state index contributed by atoms with van der Waals surface area (Å²) in [6.07, 6.45) is 3.37. The molecule has 3 rings (SSSR count). The van der Waals surface area contributed by atoms with Gasteiger partial charge in [0.1, 0.15) is 21.8 Å². The van der Waals surface area contributed by atoms with Crippen LogP contribution in [-0.4, -0.2) is 43.7 Å². The molecule has 11 heteroatoms. The minimum Gasteiger partial charge on any atom is -0.492 e. The molecule has 3 amide bonds. The summed E-state index contributed by atoms with van der Waals surface area (Å²) in [4.78, 5) is 38.1. The standard InChI is InChI=1S/C22H27N3O6S2/c1-3-31-16-10-6-5-9-15(16)24-18(26)12-33(29,30)13(2)21(28)25-22-19(20(23)27)14-8-4-7-11-17(14)32-22/h5-6,9-10,13H,3-4,7-8,11-12H2,1-2H3,(H2,23,27)(H,24,26)(H,25,28). The normalized spacial score (nSPS) is 14.1. The molecule has 1 aliphatic rings. The zero-order chi connectivity index (χ0) is 24.2. The highest BCUT2D eigenvalue weighted by atomic mass is 32.2. The number of nitrogens with one attached hydrogen (secondary N) is 2. The van der Waals surface area contributed by atoms with E-state index in [9.17, 15) is 22.8 Å². The number of thiophene rings is 1. The van der Waals surface area contributed by atoms with Crippen LogP contribution in [0, 0.1) is 0 Å². The zero-order valence-corrected chi connectivity index (χ0v) is 20.1. The van der Waals surface area contributed by atoms with E-state index >= 15 is 0 Å². The van der Waals surface area contributed by atoms with Crippen molar-refractivity contribution in [1.29, 1.82) is 0 Å². The summed E-state index contributed by atoms with van der Waals surface area (Å²) < 4.78 is 30.9. The number of rotatable bonds is 9. The molecular weight excluding hydrogens is 466 g/mol. The largest absolute Gasteiger partial charge is 0.492 e. The second-order valence-corrected chi connectivity index (χ2v) is 11.1. The second-order valence-electron chi connectivity index (χ2n) is 7.70. The van der Waals surface area contributed by atoms with Gasteiger partial charge in [-0.15, -0.1) is 11.3 Å². The highest BCUT2D eigenvalue weighted by molar-refractivity contribution is 7.93. The highest BCUT2D eigenvalue weighted by Gasteiger charge is 2.32. The molecule has 9 nitrogen and oxygen atoms in total. The Balaban J connectivity index is 1.71. The number of nitrogens with two attached hydrogens (primary N) is 1. The molecule has 0 spiro atoms. The maximum Gasteiger partial charge on any atom is 0.251 e. The number of fused-ring (bicyclic) bond motifs is 1. The Kier molecular flexibility index (Phi) is 7.75. The number of hydrogen-bond donors (Lipinski definition) is 3. The van der Waals surface area contributed by atoms with Crippen molar-refractivity contribution in [3.8, 4) is 5.75 Å². The van der Waals surface area contributed by atoms with Gasteiger partial charge in [0.25, 0.3) is 5.91 Å². The smallest absolute Gasteiger partial charge is 0.251 e. The Morgan fingerprint density at radius 3 is 2.55 bits per heavy atom. The number of carbonyl (C=O) groups is 3. The zero-order valence-electron chi connectivity index (χ0n) is 18.5. The van der Waals surface area contributed by atoms with Gasteiger partial charge >= 0.3 is 0 Å². The first-order valence-corrected chi connectivity index (χ1v) is 13.2. The number of hydrogen-bond acceptors (Lipinski definition) is 7. The van der Waals surface area contributed by atoms with E-state index in [0.29, 0.717) is 24.5 Å². The Labute approximate surface area is 196 Å². The summed E-state index contributed by atoms with van der Waals surface area (Å²) in [7, 11) is -4.14. The lowest BCUT2D eigenvalue weighted by atomic mass is 9.95. The molecule has 0 saturated carbocycles. The van der Waals surface area contributed by atoms with Crippen LogP contribution in [0.5, 0.6) is 5.75 Å². The van der Waals surface area contributed by atoms with Gasteiger partial charge in [0, 0.05) is 4.88 Å². The van der Waals surface area contributed by atoms with Crippen molar-refractivity contribution in [2.45, 2.75) is 44.8 Å². The molecular formula is C22H27N3O6S2. The van der Waals surface area contributed by atoms with Crippen molar-refractivity contribution in [3.63, 3.8) is 0 Å². The Hall–Kier alpha value is -2.92. The van der Waals surface area contributed by atoms with E-state index in [-0.39, 0.29) is 10.6 Å². The fourth-order valence-electron chi connectivity index (χ4n) is 3.64.